The monoisotopic (exact) mass is 280 g/mol. The molecule has 0 aliphatic carbocycles. The highest BCUT2D eigenvalue weighted by Gasteiger charge is 2.14. The van der Waals surface area contributed by atoms with Gasteiger partial charge in [-0.15, -0.1) is 12.4 Å². The van der Waals surface area contributed by atoms with Crippen LogP contribution in [-0.2, 0) is 0 Å². The van der Waals surface area contributed by atoms with E-state index in [9.17, 15) is 4.79 Å². The molecule has 0 radical (unpaired) electrons. The van der Waals surface area contributed by atoms with Gasteiger partial charge >= 0.3 is 6.03 Å². The van der Waals surface area contributed by atoms with Gasteiger partial charge in [0.25, 0.3) is 0 Å². The van der Waals surface area contributed by atoms with E-state index >= 15 is 0 Å². The molecule has 0 unspecified atom stereocenters. The third-order valence-corrected chi connectivity index (χ3v) is 2.95. The van der Waals surface area contributed by atoms with Crippen LogP contribution in [0.1, 0.15) is 18.4 Å². The van der Waals surface area contributed by atoms with Crippen LogP contribution < -0.4 is 16.0 Å². The molecule has 0 saturated carbocycles. The fourth-order valence-electron chi connectivity index (χ4n) is 1.95. The lowest BCUT2D eigenvalue weighted by atomic mass is 10.1. The molecule has 19 heavy (non-hydrogen) atoms. The first-order valence-corrected chi connectivity index (χ1v) is 6.06. The van der Waals surface area contributed by atoms with Gasteiger partial charge in [-0.3, -0.25) is 0 Å². The summed E-state index contributed by atoms with van der Waals surface area (Å²) in [5.74, 6) is 0. The first-order chi connectivity index (χ1) is 8.78. The maximum atomic E-state index is 11.7. The van der Waals surface area contributed by atoms with Crippen molar-refractivity contribution in [2.24, 2.45) is 0 Å². The van der Waals surface area contributed by atoms with E-state index in [1.165, 1.54) is 0 Å². The quantitative estimate of drug-likeness (QED) is 0.774. The van der Waals surface area contributed by atoms with E-state index in [-0.39, 0.29) is 24.5 Å². The number of halogens is 1. The Morgan fingerprint density at radius 2 is 1.89 bits per heavy atom. The molecule has 1 heterocycles. The number of rotatable bonds is 2. The molecule has 5 nitrogen and oxygen atoms in total. The summed E-state index contributed by atoms with van der Waals surface area (Å²) in [5, 5.41) is 17.6. The second-order valence-corrected chi connectivity index (χ2v) is 4.31. The van der Waals surface area contributed by atoms with Gasteiger partial charge in [0, 0.05) is 11.7 Å². The number of nitriles is 1. The van der Waals surface area contributed by atoms with Gasteiger partial charge in [-0.2, -0.15) is 5.26 Å². The van der Waals surface area contributed by atoms with Gasteiger partial charge in [0.1, 0.15) is 0 Å². The van der Waals surface area contributed by atoms with E-state index < -0.39 is 0 Å². The summed E-state index contributed by atoms with van der Waals surface area (Å²) in [6, 6.07) is 8.90. The molecule has 1 saturated heterocycles. The zero-order chi connectivity index (χ0) is 12.8. The number of benzene rings is 1. The second kappa shape index (κ2) is 7.62. The van der Waals surface area contributed by atoms with Crippen molar-refractivity contribution in [3.05, 3.63) is 29.8 Å². The number of amides is 2. The highest BCUT2D eigenvalue weighted by Crippen LogP contribution is 2.09. The van der Waals surface area contributed by atoms with Gasteiger partial charge < -0.3 is 16.0 Å². The number of hydrogen-bond acceptors (Lipinski definition) is 3. The van der Waals surface area contributed by atoms with E-state index in [4.69, 9.17) is 5.26 Å². The Labute approximate surface area is 118 Å². The average Bonchev–Trinajstić information content (AvgIpc) is 2.40. The Bertz CT molecular complexity index is 449. The zero-order valence-corrected chi connectivity index (χ0v) is 11.3. The minimum atomic E-state index is -0.188. The van der Waals surface area contributed by atoms with Crippen LogP contribution in [0.25, 0.3) is 0 Å². The Balaban J connectivity index is 0.00000180. The molecule has 1 aromatic rings. The first-order valence-electron chi connectivity index (χ1n) is 6.06. The number of anilines is 1. The Kier molecular flexibility index (Phi) is 6.13. The molecule has 1 aliphatic heterocycles. The summed E-state index contributed by atoms with van der Waals surface area (Å²) < 4.78 is 0. The average molecular weight is 281 g/mol. The standard InChI is InChI=1S/C13H16N4O.ClH/c14-9-10-1-3-11(4-2-10)16-13(18)17-12-5-7-15-8-6-12;/h1-4,12,15H,5-8H2,(H2,16,17,18);1H. The van der Waals surface area contributed by atoms with E-state index in [2.05, 4.69) is 16.0 Å². The SMILES string of the molecule is Cl.N#Cc1ccc(NC(=O)NC2CCNCC2)cc1. The molecule has 1 aromatic carbocycles. The van der Waals surface area contributed by atoms with Crippen molar-refractivity contribution in [3.63, 3.8) is 0 Å². The fourth-order valence-corrected chi connectivity index (χ4v) is 1.95. The van der Waals surface area contributed by atoms with Crippen molar-refractivity contribution in [3.8, 4) is 6.07 Å². The van der Waals surface area contributed by atoms with Crippen LogP contribution >= 0.6 is 12.4 Å². The van der Waals surface area contributed by atoms with Crippen LogP contribution in [0.2, 0.25) is 0 Å². The molecule has 1 aliphatic rings. The lowest BCUT2D eigenvalue weighted by Gasteiger charge is -2.23. The van der Waals surface area contributed by atoms with Crippen molar-refractivity contribution >= 4 is 24.1 Å². The number of piperidine rings is 1. The second-order valence-electron chi connectivity index (χ2n) is 4.31. The lowest BCUT2D eigenvalue weighted by Crippen LogP contribution is -2.44. The van der Waals surface area contributed by atoms with Crippen molar-refractivity contribution < 1.29 is 4.79 Å². The van der Waals surface area contributed by atoms with Crippen molar-refractivity contribution in [2.75, 3.05) is 18.4 Å². The molecular formula is C13H17ClN4O. The molecule has 0 aromatic heterocycles. The number of nitrogens with zero attached hydrogens (tertiary/aromatic N) is 1. The summed E-state index contributed by atoms with van der Waals surface area (Å²) in [7, 11) is 0. The third kappa shape index (κ3) is 4.78. The zero-order valence-electron chi connectivity index (χ0n) is 10.5. The minimum Gasteiger partial charge on any atom is -0.335 e. The molecule has 0 bridgehead atoms. The smallest absolute Gasteiger partial charge is 0.319 e. The highest BCUT2D eigenvalue weighted by atomic mass is 35.5. The van der Waals surface area contributed by atoms with Gasteiger partial charge in [0.15, 0.2) is 0 Å². The minimum absolute atomic E-state index is 0. The van der Waals surface area contributed by atoms with E-state index in [0.717, 1.165) is 25.9 Å². The maximum absolute atomic E-state index is 11.7. The van der Waals surface area contributed by atoms with E-state index in [1.54, 1.807) is 24.3 Å². The molecule has 2 amide bonds. The molecule has 0 spiro atoms. The molecule has 102 valence electrons. The lowest BCUT2D eigenvalue weighted by molar-refractivity contribution is 0.245. The fraction of sp³-hybridized carbons (Fsp3) is 0.385. The van der Waals surface area contributed by atoms with Crippen LogP contribution in [-0.4, -0.2) is 25.2 Å². The van der Waals surface area contributed by atoms with Crippen LogP contribution in [0.5, 0.6) is 0 Å². The van der Waals surface area contributed by atoms with Crippen molar-refractivity contribution in [1.82, 2.24) is 10.6 Å². The predicted molar refractivity (Wildman–Crippen MR) is 76.5 cm³/mol. The van der Waals surface area contributed by atoms with Gasteiger partial charge in [-0.05, 0) is 50.2 Å². The predicted octanol–water partition coefficient (Wildman–Crippen LogP) is 1.85. The van der Waals surface area contributed by atoms with Crippen LogP contribution in [0.15, 0.2) is 24.3 Å². The Hall–Kier alpha value is -1.77. The van der Waals surface area contributed by atoms with Gasteiger partial charge in [-0.1, -0.05) is 0 Å². The third-order valence-electron chi connectivity index (χ3n) is 2.95. The van der Waals surface area contributed by atoms with Crippen molar-refractivity contribution in [1.29, 1.82) is 5.26 Å². The van der Waals surface area contributed by atoms with Crippen LogP contribution in [0, 0.1) is 11.3 Å². The molecule has 1 fully saturated rings. The number of hydrogen-bond donors (Lipinski definition) is 3. The molecule has 2 rings (SSSR count). The molecular weight excluding hydrogens is 264 g/mol. The Morgan fingerprint density at radius 1 is 1.26 bits per heavy atom. The van der Waals surface area contributed by atoms with Gasteiger partial charge in [-0.25, -0.2) is 4.79 Å². The summed E-state index contributed by atoms with van der Waals surface area (Å²) >= 11 is 0. The first kappa shape index (κ1) is 15.3. The molecule has 6 heteroatoms. The van der Waals surface area contributed by atoms with E-state index in [1.807, 2.05) is 6.07 Å². The summed E-state index contributed by atoms with van der Waals surface area (Å²) in [6.45, 7) is 1.89. The van der Waals surface area contributed by atoms with Gasteiger partial charge in [0.2, 0.25) is 0 Å². The number of nitrogens with one attached hydrogen (secondary N) is 3. The number of urea groups is 1. The summed E-state index contributed by atoms with van der Waals surface area (Å²) in [6.07, 6.45) is 1.92. The molecule has 0 atom stereocenters. The van der Waals surface area contributed by atoms with E-state index in [0.29, 0.717) is 11.3 Å². The summed E-state index contributed by atoms with van der Waals surface area (Å²) in [4.78, 5) is 11.7. The topological polar surface area (TPSA) is 77.0 Å². The summed E-state index contributed by atoms with van der Waals surface area (Å²) in [5.41, 5.74) is 1.28. The van der Waals surface area contributed by atoms with Crippen molar-refractivity contribution in [2.45, 2.75) is 18.9 Å². The maximum Gasteiger partial charge on any atom is 0.319 e. The van der Waals surface area contributed by atoms with Gasteiger partial charge in [0.05, 0.1) is 11.6 Å². The Morgan fingerprint density at radius 3 is 2.47 bits per heavy atom. The largest absolute Gasteiger partial charge is 0.335 e. The number of carbonyl (C=O) groups excluding carboxylic acids is 1. The molecule has 3 N–H and O–H groups in total. The van der Waals surface area contributed by atoms with Crippen LogP contribution in [0.4, 0.5) is 10.5 Å². The number of carbonyl (C=O) groups is 1. The van der Waals surface area contributed by atoms with Crippen LogP contribution in [0.3, 0.4) is 0 Å². The normalized spacial score (nSPS) is 14.9. The highest BCUT2D eigenvalue weighted by molar-refractivity contribution is 5.89.